The zero-order valence-corrected chi connectivity index (χ0v) is 16.0. The van der Waals surface area contributed by atoms with Gasteiger partial charge in [-0.2, -0.15) is 11.8 Å². The van der Waals surface area contributed by atoms with E-state index in [1.54, 1.807) is 7.05 Å². The molecular weight excluding hydrogens is 332 g/mol. The average Bonchev–Trinajstić information content (AvgIpc) is 2.68. The second-order valence-corrected chi connectivity index (χ2v) is 7.99. The number of benzene rings is 1. The smallest absolute Gasteiger partial charge is 0.242 e. The molecule has 0 saturated carbocycles. The molecule has 2 aliphatic heterocycles. The average molecular weight is 361 g/mol. The molecule has 5 nitrogen and oxygen atoms in total. The quantitative estimate of drug-likeness (QED) is 0.661. The van der Waals surface area contributed by atoms with Gasteiger partial charge < -0.3 is 15.1 Å². The summed E-state index contributed by atoms with van der Waals surface area (Å²) in [6, 6.07) is 8.40. The van der Waals surface area contributed by atoms with E-state index in [4.69, 9.17) is 0 Å². The fourth-order valence-electron chi connectivity index (χ4n) is 3.47. The molecule has 0 aromatic heterocycles. The molecule has 0 spiro atoms. The predicted octanol–water partition coefficient (Wildman–Crippen LogP) is 1.97. The van der Waals surface area contributed by atoms with E-state index in [0.29, 0.717) is 18.3 Å². The summed E-state index contributed by atoms with van der Waals surface area (Å²) in [4.78, 5) is 21.2. The summed E-state index contributed by atoms with van der Waals surface area (Å²) in [6.45, 7) is 6.06. The third kappa shape index (κ3) is 4.48. The van der Waals surface area contributed by atoms with Crippen LogP contribution in [-0.2, 0) is 17.8 Å². The molecule has 3 rings (SSSR count). The number of carbonyl (C=O) groups is 1. The lowest BCUT2D eigenvalue weighted by Gasteiger charge is -2.35. The molecule has 136 valence electrons. The first kappa shape index (κ1) is 18.1. The summed E-state index contributed by atoms with van der Waals surface area (Å²) in [6.07, 6.45) is 2.11. The lowest BCUT2D eigenvalue weighted by Crippen LogP contribution is -2.50. The SMILES string of the molecule is CCC1CN(C(=NC)NCC(=O)N2CCc3ccccc3C2)CCS1. The molecule has 6 heteroatoms. The maximum absolute atomic E-state index is 12.6. The molecule has 0 radical (unpaired) electrons. The third-order valence-electron chi connectivity index (χ3n) is 4.99. The van der Waals surface area contributed by atoms with Crippen molar-refractivity contribution in [2.45, 2.75) is 31.6 Å². The summed E-state index contributed by atoms with van der Waals surface area (Å²) in [5.41, 5.74) is 2.64. The van der Waals surface area contributed by atoms with Gasteiger partial charge in [0, 0.05) is 44.2 Å². The Morgan fingerprint density at radius 3 is 2.84 bits per heavy atom. The summed E-state index contributed by atoms with van der Waals surface area (Å²) >= 11 is 2.04. The number of rotatable bonds is 3. The molecule has 1 amide bonds. The highest BCUT2D eigenvalue weighted by Gasteiger charge is 2.23. The Bertz CT molecular complexity index is 634. The molecule has 1 aromatic carbocycles. The first-order valence-electron chi connectivity index (χ1n) is 9.13. The van der Waals surface area contributed by atoms with Gasteiger partial charge in [0.2, 0.25) is 5.91 Å². The summed E-state index contributed by atoms with van der Waals surface area (Å²) in [5.74, 6) is 2.12. The summed E-state index contributed by atoms with van der Waals surface area (Å²) < 4.78 is 0. The van der Waals surface area contributed by atoms with Gasteiger partial charge in [-0.3, -0.25) is 9.79 Å². The summed E-state index contributed by atoms with van der Waals surface area (Å²) in [7, 11) is 1.80. The van der Waals surface area contributed by atoms with Crippen LogP contribution in [0.5, 0.6) is 0 Å². The largest absolute Gasteiger partial charge is 0.347 e. The topological polar surface area (TPSA) is 47.9 Å². The van der Waals surface area contributed by atoms with Gasteiger partial charge in [0.15, 0.2) is 5.96 Å². The second-order valence-electron chi connectivity index (χ2n) is 6.58. The van der Waals surface area contributed by atoms with Gasteiger partial charge >= 0.3 is 0 Å². The van der Waals surface area contributed by atoms with E-state index < -0.39 is 0 Å². The van der Waals surface area contributed by atoms with Crippen molar-refractivity contribution in [1.29, 1.82) is 0 Å². The molecule has 1 unspecified atom stereocenters. The van der Waals surface area contributed by atoms with Gasteiger partial charge in [0.1, 0.15) is 0 Å². The molecule has 1 N–H and O–H groups in total. The lowest BCUT2D eigenvalue weighted by atomic mass is 10.00. The number of nitrogens with zero attached hydrogens (tertiary/aromatic N) is 3. The van der Waals surface area contributed by atoms with Gasteiger partial charge in [-0.25, -0.2) is 0 Å². The van der Waals surface area contributed by atoms with Gasteiger partial charge in [-0.15, -0.1) is 0 Å². The normalized spacial score (nSPS) is 21.0. The van der Waals surface area contributed by atoms with Gasteiger partial charge in [0.25, 0.3) is 0 Å². The minimum absolute atomic E-state index is 0.147. The fourth-order valence-corrected chi connectivity index (χ4v) is 4.65. The molecule has 1 fully saturated rings. The number of nitrogens with one attached hydrogen (secondary N) is 1. The molecule has 0 bridgehead atoms. The number of fused-ring (bicyclic) bond motifs is 1. The van der Waals surface area contributed by atoms with Gasteiger partial charge in [-0.05, 0) is 24.0 Å². The van der Waals surface area contributed by atoms with E-state index in [2.05, 4.69) is 40.3 Å². The van der Waals surface area contributed by atoms with Crippen molar-refractivity contribution in [3.05, 3.63) is 35.4 Å². The van der Waals surface area contributed by atoms with E-state index in [-0.39, 0.29) is 5.91 Å². The van der Waals surface area contributed by atoms with Crippen LogP contribution < -0.4 is 5.32 Å². The van der Waals surface area contributed by atoms with Crippen molar-refractivity contribution in [2.75, 3.05) is 39.0 Å². The minimum Gasteiger partial charge on any atom is -0.347 e. The van der Waals surface area contributed by atoms with Crippen molar-refractivity contribution in [3.8, 4) is 0 Å². The fraction of sp³-hybridized carbons (Fsp3) is 0.579. The van der Waals surface area contributed by atoms with Crippen LogP contribution in [0.4, 0.5) is 0 Å². The number of guanidine groups is 1. The van der Waals surface area contributed by atoms with Crippen molar-refractivity contribution in [3.63, 3.8) is 0 Å². The van der Waals surface area contributed by atoms with Crippen molar-refractivity contribution >= 4 is 23.6 Å². The zero-order chi connectivity index (χ0) is 17.6. The highest BCUT2D eigenvalue weighted by Crippen LogP contribution is 2.21. The van der Waals surface area contributed by atoms with Crippen LogP contribution in [0.3, 0.4) is 0 Å². The number of hydrogen-bond donors (Lipinski definition) is 1. The Hall–Kier alpha value is -1.69. The molecule has 1 saturated heterocycles. The van der Waals surface area contributed by atoms with E-state index >= 15 is 0 Å². The highest BCUT2D eigenvalue weighted by atomic mass is 32.2. The summed E-state index contributed by atoms with van der Waals surface area (Å²) in [5, 5.41) is 3.93. The van der Waals surface area contributed by atoms with Crippen LogP contribution in [0, 0.1) is 0 Å². The first-order chi connectivity index (χ1) is 12.2. The monoisotopic (exact) mass is 360 g/mol. The second kappa shape index (κ2) is 8.61. The molecule has 25 heavy (non-hydrogen) atoms. The Labute approximate surface area is 154 Å². The van der Waals surface area contributed by atoms with Crippen molar-refractivity contribution in [2.24, 2.45) is 4.99 Å². The maximum Gasteiger partial charge on any atom is 0.242 e. The van der Waals surface area contributed by atoms with Crippen LogP contribution in [0.15, 0.2) is 29.3 Å². The van der Waals surface area contributed by atoms with Crippen LogP contribution >= 0.6 is 11.8 Å². The first-order valence-corrected chi connectivity index (χ1v) is 10.2. The maximum atomic E-state index is 12.6. The molecule has 1 aromatic rings. The lowest BCUT2D eigenvalue weighted by molar-refractivity contribution is -0.130. The minimum atomic E-state index is 0.147. The molecule has 1 atom stereocenters. The molecule has 0 aliphatic carbocycles. The van der Waals surface area contributed by atoms with Crippen molar-refractivity contribution in [1.82, 2.24) is 15.1 Å². The van der Waals surface area contributed by atoms with E-state index in [1.807, 2.05) is 22.7 Å². The standard InChI is InChI=1S/C19H28N4OS/c1-3-17-14-23(10-11-25-17)19(20-2)21-12-18(24)22-9-8-15-6-4-5-7-16(15)13-22/h4-7,17H,3,8-14H2,1-2H3,(H,20,21). The number of amides is 1. The zero-order valence-electron chi connectivity index (χ0n) is 15.2. The van der Waals surface area contributed by atoms with Crippen LogP contribution in [0.2, 0.25) is 0 Å². The number of hydrogen-bond acceptors (Lipinski definition) is 3. The van der Waals surface area contributed by atoms with Crippen LogP contribution in [-0.4, -0.2) is 65.9 Å². The third-order valence-corrected chi connectivity index (χ3v) is 6.36. The van der Waals surface area contributed by atoms with E-state index in [1.165, 1.54) is 17.5 Å². The van der Waals surface area contributed by atoms with Crippen molar-refractivity contribution < 1.29 is 4.79 Å². The molecular formula is C19H28N4OS. The number of thioether (sulfide) groups is 1. The Morgan fingerprint density at radius 2 is 2.08 bits per heavy atom. The molecule has 2 aliphatic rings. The van der Waals surface area contributed by atoms with Gasteiger partial charge in [0.05, 0.1) is 6.54 Å². The number of aliphatic imine (C=N–C) groups is 1. The Balaban J connectivity index is 1.53. The Kier molecular flexibility index (Phi) is 6.24. The predicted molar refractivity (Wildman–Crippen MR) is 105 cm³/mol. The van der Waals surface area contributed by atoms with E-state index in [0.717, 1.165) is 37.8 Å². The van der Waals surface area contributed by atoms with Crippen LogP contribution in [0.1, 0.15) is 24.5 Å². The molecule has 2 heterocycles. The van der Waals surface area contributed by atoms with Crippen LogP contribution in [0.25, 0.3) is 0 Å². The number of carbonyl (C=O) groups excluding carboxylic acids is 1. The van der Waals surface area contributed by atoms with Gasteiger partial charge in [-0.1, -0.05) is 31.2 Å². The Morgan fingerprint density at radius 1 is 1.28 bits per heavy atom. The van der Waals surface area contributed by atoms with E-state index in [9.17, 15) is 4.79 Å². The highest BCUT2D eigenvalue weighted by molar-refractivity contribution is 8.00.